The Balaban J connectivity index is 1.97. The number of nitrogens with zero attached hydrogens (tertiary/aromatic N) is 1. The van der Waals surface area contributed by atoms with Gasteiger partial charge in [0, 0.05) is 18.0 Å². The highest BCUT2D eigenvalue weighted by Gasteiger charge is 2.29. The molecular weight excluding hydrogens is 234 g/mol. The van der Waals surface area contributed by atoms with E-state index in [1.165, 1.54) is 0 Å². The zero-order valence-electron chi connectivity index (χ0n) is 10.9. The van der Waals surface area contributed by atoms with Crippen molar-refractivity contribution in [1.82, 2.24) is 10.5 Å². The lowest BCUT2D eigenvalue weighted by Crippen LogP contribution is -2.35. The molecule has 1 aromatic rings. The van der Waals surface area contributed by atoms with Gasteiger partial charge < -0.3 is 20.3 Å². The molecule has 2 atom stereocenters. The van der Waals surface area contributed by atoms with Crippen LogP contribution in [0.4, 0.5) is 5.82 Å². The van der Waals surface area contributed by atoms with Crippen molar-refractivity contribution in [2.45, 2.75) is 44.8 Å². The van der Waals surface area contributed by atoms with Crippen LogP contribution in [0.5, 0.6) is 0 Å². The van der Waals surface area contributed by atoms with Crippen molar-refractivity contribution >= 4 is 11.7 Å². The molecule has 100 valence electrons. The molecule has 1 amide bonds. The highest BCUT2D eigenvalue weighted by atomic mass is 16.5. The summed E-state index contributed by atoms with van der Waals surface area (Å²) in [5, 5.41) is 18.8. The molecule has 1 saturated heterocycles. The van der Waals surface area contributed by atoms with Gasteiger partial charge in [-0.3, -0.25) is 4.79 Å². The van der Waals surface area contributed by atoms with Gasteiger partial charge in [-0.25, -0.2) is 0 Å². The second kappa shape index (κ2) is 4.70. The normalized spacial score (nSPS) is 24.2. The van der Waals surface area contributed by atoms with Gasteiger partial charge in [-0.2, -0.15) is 0 Å². The third-order valence-corrected chi connectivity index (χ3v) is 2.92. The Morgan fingerprint density at radius 1 is 1.61 bits per heavy atom. The predicted molar refractivity (Wildman–Crippen MR) is 66.2 cm³/mol. The van der Waals surface area contributed by atoms with Crippen molar-refractivity contribution in [3.63, 3.8) is 0 Å². The number of amides is 1. The topological polar surface area (TPSA) is 87.4 Å². The first-order valence-corrected chi connectivity index (χ1v) is 6.06. The van der Waals surface area contributed by atoms with Crippen molar-refractivity contribution in [1.29, 1.82) is 0 Å². The number of aromatic nitrogens is 1. The van der Waals surface area contributed by atoms with Crippen molar-refractivity contribution in [2.24, 2.45) is 0 Å². The van der Waals surface area contributed by atoms with Crippen LogP contribution in [-0.4, -0.2) is 34.9 Å². The zero-order valence-corrected chi connectivity index (χ0v) is 10.9. The number of rotatable bonds is 2. The van der Waals surface area contributed by atoms with Crippen LogP contribution in [0.25, 0.3) is 0 Å². The summed E-state index contributed by atoms with van der Waals surface area (Å²) in [5.41, 5.74) is -0.141. The lowest BCUT2D eigenvalue weighted by molar-refractivity contribution is -0.118. The van der Waals surface area contributed by atoms with Crippen molar-refractivity contribution < 1.29 is 14.4 Å². The van der Waals surface area contributed by atoms with Gasteiger partial charge in [0.05, 0.1) is 12.1 Å². The molecule has 1 fully saturated rings. The van der Waals surface area contributed by atoms with Gasteiger partial charge in [-0.15, -0.1) is 0 Å². The first-order valence-electron chi connectivity index (χ1n) is 6.06. The maximum Gasteiger partial charge on any atom is 0.242 e. The van der Waals surface area contributed by atoms with E-state index in [-0.39, 0.29) is 17.4 Å². The fourth-order valence-electron chi connectivity index (χ4n) is 1.82. The number of nitrogens with one attached hydrogen (secondary N) is 2. The number of carbonyl (C=O) groups excluding carboxylic acids is 1. The third-order valence-electron chi connectivity index (χ3n) is 2.92. The van der Waals surface area contributed by atoms with E-state index in [9.17, 15) is 9.90 Å². The van der Waals surface area contributed by atoms with Gasteiger partial charge in [0.1, 0.15) is 5.76 Å². The third kappa shape index (κ3) is 2.88. The second-order valence-corrected chi connectivity index (χ2v) is 5.67. The molecule has 18 heavy (non-hydrogen) atoms. The minimum Gasteiger partial charge on any atom is -0.392 e. The highest BCUT2D eigenvalue weighted by Crippen LogP contribution is 2.24. The summed E-state index contributed by atoms with van der Waals surface area (Å²) in [6.45, 7) is 6.47. The number of carbonyl (C=O) groups is 1. The van der Waals surface area contributed by atoms with Crippen LogP contribution in [0, 0.1) is 0 Å². The Morgan fingerprint density at radius 2 is 2.33 bits per heavy atom. The molecule has 1 aromatic heterocycles. The van der Waals surface area contributed by atoms with Gasteiger partial charge in [-0.05, 0) is 6.42 Å². The highest BCUT2D eigenvalue weighted by molar-refractivity contribution is 5.94. The van der Waals surface area contributed by atoms with Crippen molar-refractivity contribution in [3.8, 4) is 0 Å². The second-order valence-electron chi connectivity index (χ2n) is 5.67. The van der Waals surface area contributed by atoms with E-state index in [1.54, 1.807) is 6.07 Å². The Hall–Kier alpha value is -1.40. The molecule has 6 heteroatoms. The maximum atomic E-state index is 11.9. The summed E-state index contributed by atoms with van der Waals surface area (Å²) in [6.07, 6.45) is -0.0290. The Bertz CT molecular complexity index is 436. The van der Waals surface area contributed by atoms with Gasteiger partial charge in [0.15, 0.2) is 5.82 Å². The number of hydrogen-bond acceptors (Lipinski definition) is 5. The first-order chi connectivity index (χ1) is 8.36. The molecule has 0 radical (unpaired) electrons. The number of anilines is 1. The maximum absolute atomic E-state index is 11.9. The van der Waals surface area contributed by atoms with Gasteiger partial charge in [-0.1, -0.05) is 25.9 Å². The SMILES string of the molecule is CC(C)(C)c1cc(NC(=O)C2CC(O)CN2)no1. The largest absolute Gasteiger partial charge is 0.392 e. The quantitative estimate of drug-likeness (QED) is 0.719. The Labute approximate surface area is 106 Å². The van der Waals surface area contributed by atoms with Crippen LogP contribution in [0.2, 0.25) is 0 Å². The van der Waals surface area contributed by atoms with Crippen LogP contribution >= 0.6 is 0 Å². The molecule has 1 aliphatic rings. The fourth-order valence-corrected chi connectivity index (χ4v) is 1.82. The van der Waals surface area contributed by atoms with Crippen molar-refractivity contribution in [3.05, 3.63) is 11.8 Å². The summed E-state index contributed by atoms with van der Waals surface area (Å²) in [7, 11) is 0. The zero-order chi connectivity index (χ0) is 13.3. The molecular formula is C12H19N3O3. The summed E-state index contributed by atoms with van der Waals surface area (Å²) < 4.78 is 5.18. The molecule has 2 unspecified atom stereocenters. The molecule has 0 aromatic carbocycles. The summed E-state index contributed by atoms with van der Waals surface area (Å²) in [4.78, 5) is 11.9. The molecule has 2 heterocycles. The van der Waals surface area contributed by atoms with Crippen LogP contribution in [0.3, 0.4) is 0 Å². The Morgan fingerprint density at radius 3 is 2.83 bits per heavy atom. The van der Waals surface area contributed by atoms with Crippen LogP contribution in [-0.2, 0) is 10.2 Å². The van der Waals surface area contributed by atoms with Crippen molar-refractivity contribution in [2.75, 3.05) is 11.9 Å². The summed E-state index contributed by atoms with van der Waals surface area (Å²) in [5.74, 6) is 0.936. The van der Waals surface area contributed by atoms with Crippen LogP contribution in [0.1, 0.15) is 33.0 Å². The molecule has 1 aliphatic heterocycles. The monoisotopic (exact) mass is 253 g/mol. The average molecular weight is 253 g/mol. The van der Waals surface area contributed by atoms with E-state index >= 15 is 0 Å². The smallest absolute Gasteiger partial charge is 0.242 e. The number of hydrogen-bond donors (Lipinski definition) is 3. The van der Waals surface area contributed by atoms with Gasteiger partial charge in [0.2, 0.25) is 5.91 Å². The molecule has 0 saturated carbocycles. The minimum absolute atomic E-state index is 0.141. The van der Waals surface area contributed by atoms with E-state index in [2.05, 4.69) is 15.8 Å². The van der Waals surface area contributed by atoms with Gasteiger partial charge >= 0.3 is 0 Å². The molecule has 0 spiro atoms. The molecule has 0 aliphatic carbocycles. The van der Waals surface area contributed by atoms with E-state index < -0.39 is 6.10 Å². The van der Waals surface area contributed by atoms with Crippen LogP contribution < -0.4 is 10.6 Å². The predicted octanol–water partition coefficient (Wildman–Crippen LogP) is 0.633. The molecule has 2 rings (SSSR count). The fraction of sp³-hybridized carbons (Fsp3) is 0.667. The minimum atomic E-state index is -0.455. The number of aliphatic hydroxyl groups excluding tert-OH is 1. The van der Waals surface area contributed by atoms with E-state index in [1.807, 2.05) is 20.8 Å². The number of β-amino-alcohol motifs (C(OH)–C–C–N with tert-alkyl or cyclic N) is 1. The standard InChI is InChI=1S/C12H19N3O3/c1-12(2,3)9-5-10(15-18-9)14-11(17)8-4-7(16)6-13-8/h5,7-8,13,16H,4,6H2,1-3H3,(H,14,15,17). The van der Waals surface area contributed by atoms with Gasteiger partial charge in [0.25, 0.3) is 0 Å². The summed E-state index contributed by atoms with van der Waals surface area (Å²) >= 11 is 0. The average Bonchev–Trinajstić information content (AvgIpc) is 2.85. The molecule has 0 bridgehead atoms. The number of aliphatic hydroxyl groups is 1. The molecule has 6 nitrogen and oxygen atoms in total. The van der Waals surface area contributed by atoms with E-state index in [0.717, 1.165) is 5.76 Å². The lowest BCUT2D eigenvalue weighted by Gasteiger charge is -2.12. The molecule has 3 N–H and O–H groups in total. The van der Waals surface area contributed by atoms with Crippen LogP contribution in [0.15, 0.2) is 10.6 Å². The first kappa shape index (κ1) is 13.0. The van der Waals surface area contributed by atoms with E-state index in [0.29, 0.717) is 18.8 Å². The lowest BCUT2D eigenvalue weighted by atomic mass is 9.93. The Kier molecular flexibility index (Phi) is 3.41. The van der Waals surface area contributed by atoms with E-state index in [4.69, 9.17) is 4.52 Å². The summed E-state index contributed by atoms with van der Waals surface area (Å²) in [6, 6.07) is 1.36.